The molecule has 0 unspecified atom stereocenters. The summed E-state index contributed by atoms with van der Waals surface area (Å²) in [6.07, 6.45) is -3.88. The number of nitrogens with one attached hydrogen (secondary N) is 2. The normalized spacial score (nSPS) is 16.6. The van der Waals surface area contributed by atoms with E-state index < -0.39 is 35.7 Å². The average molecular weight is 814 g/mol. The average Bonchev–Trinajstić information content (AvgIpc) is 3.84. The fourth-order valence-electron chi connectivity index (χ4n) is 7.66. The van der Waals surface area contributed by atoms with Gasteiger partial charge in [-0.1, -0.05) is 54.6 Å². The number of fused-ring (bicyclic) bond motifs is 6. The van der Waals surface area contributed by atoms with Gasteiger partial charge in [0.25, 0.3) is 0 Å². The second-order valence-electron chi connectivity index (χ2n) is 13.5. The van der Waals surface area contributed by atoms with E-state index in [1.165, 1.54) is 21.9 Å². The van der Waals surface area contributed by atoms with E-state index in [4.69, 9.17) is 10.5 Å². The maximum Gasteiger partial charge on any atom is 0.416 e. The number of carbonyl (C=O) groups excluding carboxylic acids is 3. The van der Waals surface area contributed by atoms with Crippen molar-refractivity contribution in [3.63, 3.8) is 0 Å². The Morgan fingerprint density at radius 3 is 2.38 bits per heavy atom. The van der Waals surface area contributed by atoms with Crippen LogP contribution in [0.4, 0.5) is 29.6 Å². The molecule has 0 saturated carbocycles. The largest absolute Gasteiger partial charge is 0.449 e. The summed E-state index contributed by atoms with van der Waals surface area (Å²) in [5.74, 6) is -1.24. The van der Waals surface area contributed by atoms with Crippen molar-refractivity contribution in [1.29, 1.82) is 0 Å². The van der Waals surface area contributed by atoms with Crippen LogP contribution in [0.15, 0.2) is 95.9 Å². The monoisotopic (exact) mass is 812 g/mol. The Morgan fingerprint density at radius 1 is 0.945 bits per heavy atom. The zero-order chi connectivity index (χ0) is 38.4. The van der Waals surface area contributed by atoms with E-state index in [9.17, 15) is 27.6 Å². The number of alkyl carbamates (subject to hydrolysis) is 1. The van der Waals surface area contributed by atoms with E-state index in [1.54, 1.807) is 18.2 Å². The molecule has 1 fully saturated rings. The van der Waals surface area contributed by atoms with Crippen molar-refractivity contribution in [3.8, 4) is 11.1 Å². The lowest BCUT2D eigenvalue weighted by Crippen LogP contribution is -2.44. The molecule has 4 N–H and O–H groups in total. The lowest BCUT2D eigenvalue weighted by molar-refractivity contribution is -0.137. The van der Waals surface area contributed by atoms with Crippen LogP contribution in [0.25, 0.3) is 33.1 Å². The third kappa shape index (κ3) is 6.93. The maximum atomic E-state index is 14.2. The van der Waals surface area contributed by atoms with Crippen LogP contribution < -0.4 is 16.4 Å². The molecule has 6 aromatic rings. The quantitative estimate of drug-likeness (QED) is 0.143. The van der Waals surface area contributed by atoms with Crippen LogP contribution in [0, 0.1) is 5.92 Å². The first-order chi connectivity index (χ1) is 26.5. The van der Waals surface area contributed by atoms with Gasteiger partial charge in [0.1, 0.15) is 47.4 Å². The van der Waals surface area contributed by atoms with E-state index in [0.29, 0.717) is 4.60 Å². The SMILES string of the molecule is Nc1ncnc2c1c1cc(C(F)(F)F)ccc1n2CC(=O)N1C[C@@H](CNC(=O)OCC2c3ccccc3-c3ccccc32)C[C@H]1C(=O)Nc1cccc(Br)n1. The number of nitrogens with two attached hydrogens (primary N) is 1. The van der Waals surface area contributed by atoms with Gasteiger partial charge >= 0.3 is 12.3 Å². The predicted octanol–water partition coefficient (Wildman–Crippen LogP) is 6.74. The Kier molecular flexibility index (Phi) is 9.37. The van der Waals surface area contributed by atoms with Gasteiger partial charge in [0.15, 0.2) is 0 Å². The predicted molar refractivity (Wildman–Crippen MR) is 202 cm³/mol. The Labute approximate surface area is 320 Å². The Bertz CT molecular complexity index is 2450. The van der Waals surface area contributed by atoms with Gasteiger partial charge in [-0.25, -0.2) is 19.7 Å². The lowest BCUT2D eigenvalue weighted by Gasteiger charge is -2.24. The number of benzene rings is 3. The number of halogens is 4. The molecule has 16 heteroatoms. The molecular weight excluding hydrogens is 781 g/mol. The zero-order valence-corrected chi connectivity index (χ0v) is 30.5. The molecule has 12 nitrogen and oxygen atoms in total. The van der Waals surface area contributed by atoms with Crippen molar-refractivity contribution in [2.24, 2.45) is 5.92 Å². The molecule has 0 spiro atoms. The van der Waals surface area contributed by atoms with Crippen LogP contribution in [-0.2, 0) is 27.0 Å². The highest BCUT2D eigenvalue weighted by atomic mass is 79.9. The highest BCUT2D eigenvalue weighted by Crippen LogP contribution is 2.44. The summed E-state index contributed by atoms with van der Waals surface area (Å²) in [6, 6.07) is 23.2. The number of likely N-dealkylation sites (tertiary alicyclic amines) is 1. The minimum atomic E-state index is -4.62. The van der Waals surface area contributed by atoms with Gasteiger partial charge in [-0.05, 0) is 80.9 Å². The molecule has 0 bridgehead atoms. The third-order valence-corrected chi connectivity index (χ3v) is 10.6. The van der Waals surface area contributed by atoms with Crippen LogP contribution in [0.1, 0.15) is 29.0 Å². The van der Waals surface area contributed by atoms with Crippen molar-refractivity contribution >= 4 is 67.4 Å². The standard InChI is InChI=1S/C39H32BrF3N8O4/c40-31-10-5-11-32(48-31)49-37(53)30-14-21(16-45-38(54)55-19-28-25-8-3-1-6-23(25)24-7-2-4-9-26(24)28)17-50(30)33(52)18-51-29-13-12-22(39(41,42)43)15-27(29)34-35(44)46-20-47-36(34)51/h1-13,15,20-21,28,30H,14,16-19H2,(H,45,54)(H2,44,46,47)(H,48,49,53)/t21-,30+/m1/s1. The number of amides is 3. The van der Waals surface area contributed by atoms with Crippen LogP contribution >= 0.6 is 15.9 Å². The molecule has 3 aromatic carbocycles. The number of nitrogens with zero attached hydrogens (tertiary/aromatic N) is 5. The Hall–Kier alpha value is -6.03. The molecule has 2 atom stereocenters. The highest BCUT2D eigenvalue weighted by Gasteiger charge is 2.40. The summed E-state index contributed by atoms with van der Waals surface area (Å²) in [5.41, 5.74) is 10.0. The molecule has 2 aliphatic rings. The Balaban J connectivity index is 1.01. The topological polar surface area (TPSA) is 157 Å². The molecule has 1 saturated heterocycles. The summed E-state index contributed by atoms with van der Waals surface area (Å²) in [4.78, 5) is 54.9. The van der Waals surface area contributed by atoms with Gasteiger partial charge in [0.05, 0.1) is 16.5 Å². The number of rotatable bonds is 8. The lowest BCUT2D eigenvalue weighted by atomic mass is 9.98. The van der Waals surface area contributed by atoms with E-state index in [-0.39, 0.29) is 78.1 Å². The molecule has 1 aliphatic heterocycles. The number of alkyl halides is 3. The van der Waals surface area contributed by atoms with Crippen molar-refractivity contribution < 1.29 is 32.3 Å². The van der Waals surface area contributed by atoms with Crippen molar-refractivity contribution in [2.45, 2.75) is 31.1 Å². The smallest absolute Gasteiger partial charge is 0.416 e. The van der Waals surface area contributed by atoms with E-state index in [0.717, 1.165) is 34.4 Å². The van der Waals surface area contributed by atoms with E-state index in [2.05, 4.69) is 53.6 Å². The molecule has 3 aromatic heterocycles. The van der Waals surface area contributed by atoms with Crippen molar-refractivity contribution in [1.82, 2.24) is 29.7 Å². The second kappa shape index (κ2) is 14.3. The van der Waals surface area contributed by atoms with E-state index in [1.807, 2.05) is 36.4 Å². The number of aromatic nitrogens is 4. The summed E-state index contributed by atoms with van der Waals surface area (Å²) < 4.78 is 48.8. The van der Waals surface area contributed by atoms with Gasteiger partial charge in [0, 0.05) is 24.4 Å². The van der Waals surface area contributed by atoms with Gasteiger partial charge < -0.3 is 30.6 Å². The van der Waals surface area contributed by atoms with Crippen LogP contribution in [0.2, 0.25) is 0 Å². The third-order valence-electron chi connectivity index (χ3n) is 10.1. The van der Waals surface area contributed by atoms with Crippen molar-refractivity contribution in [3.05, 3.63) is 113 Å². The first-order valence-corrected chi connectivity index (χ1v) is 18.2. The summed E-state index contributed by atoms with van der Waals surface area (Å²) in [6.45, 7) is -0.0396. The fourth-order valence-corrected chi connectivity index (χ4v) is 8.00. The highest BCUT2D eigenvalue weighted by molar-refractivity contribution is 9.10. The van der Waals surface area contributed by atoms with Gasteiger partial charge in [-0.2, -0.15) is 13.2 Å². The molecule has 55 heavy (non-hydrogen) atoms. The molecule has 0 radical (unpaired) electrons. The van der Waals surface area contributed by atoms with Gasteiger partial charge in [-0.15, -0.1) is 0 Å². The van der Waals surface area contributed by atoms with Crippen molar-refractivity contribution in [2.75, 3.05) is 30.7 Å². The van der Waals surface area contributed by atoms with Crippen LogP contribution in [0.5, 0.6) is 0 Å². The minimum Gasteiger partial charge on any atom is -0.449 e. The number of anilines is 2. The summed E-state index contributed by atoms with van der Waals surface area (Å²) in [5, 5.41) is 5.90. The summed E-state index contributed by atoms with van der Waals surface area (Å²) >= 11 is 3.29. The molecular formula is C39H32BrF3N8O4. The molecule has 280 valence electrons. The number of nitrogen functional groups attached to an aromatic ring is 1. The molecule has 4 heterocycles. The fraction of sp³-hybridized carbons (Fsp3) is 0.231. The minimum absolute atomic E-state index is 0.0418. The van der Waals surface area contributed by atoms with E-state index >= 15 is 0 Å². The first kappa shape index (κ1) is 36.0. The number of ether oxygens (including phenoxy) is 1. The number of carbonyl (C=O) groups is 3. The van der Waals surface area contributed by atoms with Gasteiger partial charge in [-0.3, -0.25) is 9.59 Å². The van der Waals surface area contributed by atoms with Crippen LogP contribution in [-0.4, -0.2) is 68.1 Å². The molecule has 8 rings (SSSR count). The number of pyridine rings is 1. The Morgan fingerprint density at radius 2 is 1.67 bits per heavy atom. The number of hydrogen-bond acceptors (Lipinski definition) is 8. The zero-order valence-electron chi connectivity index (χ0n) is 28.9. The van der Waals surface area contributed by atoms with Gasteiger partial charge in [0.2, 0.25) is 11.8 Å². The molecule has 3 amide bonds. The second-order valence-corrected chi connectivity index (χ2v) is 14.3. The summed E-state index contributed by atoms with van der Waals surface area (Å²) in [7, 11) is 0. The first-order valence-electron chi connectivity index (χ1n) is 17.4. The van der Waals surface area contributed by atoms with Crippen LogP contribution in [0.3, 0.4) is 0 Å². The molecule has 1 aliphatic carbocycles. The maximum absolute atomic E-state index is 14.2. The number of hydrogen-bond donors (Lipinski definition) is 3.